The van der Waals surface area contributed by atoms with Crippen molar-refractivity contribution in [2.24, 2.45) is 0 Å². The quantitative estimate of drug-likeness (QED) is 0.463. The number of hydrogen-bond acceptors (Lipinski definition) is 5. The van der Waals surface area contributed by atoms with Crippen molar-refractivity contribution in [1.29, 1.82) is 0 Å². The molecule has 0 saturated heterocycles. The first-order chi connectivity index (χ1) is 16.4. The summed E-state index contributed by atoms with van der Waals surface area (Å²) in [5.41, 5.74) is 2.53. The van der Waals surface area contributed by atoms with Gasteiger partial charge in [-0.05, 0) is 37.0 Å². The number of fused-ring (bicyclic) bond motifs is 2. The van der Waals surface area contributed by atoms with Gasteiger partial charge in [0.15, 0.2) is 6.23 Å². The van der Waals surface area contributed by atoms with E-state index < -0.39 is 12.2 Å². The highest BCUT2D eigenvalue weighted by Gasteiger charge is 2.43. The summed E-state index contributed by atoms with van der Waals surface area (Å²) in [4.78, 5) is 26.3. The van der Waals surface area contributed by atoms with E-state index in [2.05, 4.69) is 0 Å². The molecule has 1 aliphatic heterocycles. The number of benzene rings is 3. The van der Waals surface area contributed by atoms with Crippen molar-refractivity contribution in [3.63, 3.8) is 0 Å². The topological polar surface area (TPSA) is 96.3 Å². The van der Waals surface area contributed by atoms with Crippen LogP contribution in [0.4, 0.5) is 5.69 Å². The Balaban J connectivity index is 1.91. The number of carboxylic acid groups (broad SMARTS) is 1. The van der Waals surface area contributed by atoms with Crippen LogP contribution in [0.2, 0.25) is 0 Å². The van der Waals surface area contributed by atoms with Crippen molar-refractivity contribution in [2.45, 2.75) is 46.3 Å². The number of aliphatic hydroxyl groups is 1. The lowest BCUT2D eigenvalue weighted by molar-refractivity contribution is -0.136. The minimum absolute atomic E-state index is 0.118. The minimum Gasteiger partial charge on any atom is -0.492 e. The monoisotopic (exact) mass is 463 g/mol. The summed E-state index contributed by atoms with van der Waals surface area (Å²) in [6.45, 7) is 6.65. The molecule has 0 aliphatic carbocycles. The summed E-state index contributed by atoms with van der Waals surface area (Å²) < 4.78 is 12.2. The second-order valence-electron chi connectivity index (χ2n) is 8.43. The Morgan fingerprint density at radius 1 is 1.00 bits per heavy atom. The summed E-state index contributed by atoms with van der Waals surface area (Å²) in [6.07, 6.45) is 0.149. The molecule has 0 spiro atoms. The van der Waals surface area contributed by atoms with Crippen LogP contribution >= 0.6 is 0 Å². The maximum absolute atomic E-state index is 13.8. The van der Waals surface area contributed by atoms with Crippen LogP contribution in [0.1, 0.15) is 60.0 Å². The zero-order valence-corrected chi connectivity index (χ0v) is 19.6. The van der Waals surface area contributed by atoms with Crippen LogP contribution in [0.15, 0.2) is 42.5 Å². The number of aliphatic carboxylic acids is 1. The fourth-order valence-corrected chi connectivity index (χ4v) is 4.44. The number of rotatable bonds is 9. The van der Waals surface area contributed by atoms with Crippen LogP contribution in [-0.2, 0) is 11.2 Å². The number of carboxylic acids is 1. The fraction of sp³-hybridized carbons (Fsp3) is 0.333. The average Bonchev–Trinajstić information content (AvgIpc) is 3.06. The van der Waals surface area contributed by atoms with Crippen molar-refractivity contribution in [2.75, 3.05) is 18.1 Å². The lowest BCUT2D eigenvalue weighted by Gasteiger charge is -2.24. The highest BCUT2D eigenvalue weighted by molar-refractivity contribution is 6.17. The third-order valence-corrected chi connectivity index (χ3v) is 5.87. The molecule has 1 atom stereocenters. The predicted molar refractivity (Wildman–Crippen MR) is 130 cm³/mol. The second-order valence-corrected chi connectivity index (χ2v) is 8.43. The average molecular weight is 464 g/mol. The molecule has 0 radical (unpaired) electrons. The van der Waals surface area contributed by atoms with Gasteiger partial charge in [0.05, 0.1) is 30.8 Å². The fourth-order valence-electron chi connectivity index (χ4n) is 4.44. The third kappa shape index (κ3) is 4.07. The maximum Gasteiger partial charge on any atom is 0.307 e. The Morgan fingerprint density at radius 3 is 2.21 bits per heavy atom. The van der Waals surface area contributed by atoms with Crippen molar-refractivity contribution in [1.82, 2.24) is 0 Å². The second kappa shape index (κ2) is 9.73. The van der Waals surface area contributed by atoms with E-state index in [1.165, 1.54) is 4.90 Å². The van der Waals surface area contributed by atoms with E-state index >= 15 is 0 Å². The van der Waals surface area contributed by atoms with Gasteiger partial charge in [-0.15, -0.1) is 0 Å². The highest BCUT2D eigenvalue weighted by atomic mass is 16.5. The summed E-state index contributed by atoms with van der Waals surface area (Å²) in [5.74, 6) is -0.378. The number of ether oxygens (including phenoxy) is 2. The number of carbonyl (C=O) groups excluding carboxylic acids is 1. The molecule has 1 heterocycles. The number of anilines is 1. The molecule has 1 amide bonds. The van der Waals surface area contributed by atoms with Gasteiger partial charge in [-0.2, -0.15) is 0 Å². The van der Waals surface area contributed by atoms with Crippen molar-refractivity contribution < 1.29 is 29.3 Å². The van der Waals surface area contributed by atoms with Gasteiger partial charge >= 0.3 is 5.97 Å². The summed E-state index contributed by atoms with van der Waals surface area (Å²) in [7, 11) is 0. The molecular formula is C27H29NO6. The predicted octanol–water partition coefficient (Wildman–Crippen LogP) is 5.00. The maximum atomic E-state index is 13.8. The molecule has 1 aliphatic rings. The molecule has 7 heteroatoms. The molecule has 0 saturated carbocycles. The van der Waals surface area contributed by atoms with Crippen molar-refractivity contribution in [3.05, 3.63) is 64.7 Å². The largest absolute Gasteiger partial charge is 0.492 e. The van der Waals surface area contributed by atoms with Gasteiger partial charge in [-0.25, -0.2) is 0 Å². The Hall–Kier alpha value is -3.58. The molecule has 178 valence electrons. The molecule has 3 aromatic carbocycles. The van der Waals surface area contributed by atoms with Crippen LogP contribution in [0, 0.1) is 6.92 Å². The first kappa shape index (κ1) is 23.6. The summed E-state index contributed by atoms with van der Waals surface area (Å²) in [6, 6.07) is 12.7. The van der Waals surface area contributed by atoms with E-state index in [9.17, 15) is 14.7 Å². The molecular weight excluding hydrogens is 434 g/mol. The van der Waals surface area contributed by atoms with E-state index in [0.717, 1.165) is 23.6 Å². The van der Waals surface area contributed by atoms with Gasteiger partial charge in [-0.1, -0.05) is 50.2 Å². The first-order valence-electron chi connectivity index (χ1n) is 11.6. The Morgan fingerprint density at radius 2 is 1.62 bits per heavy atom. The zero-order valence-electron chi connectivity index (χ0n) is 19.6. The number of aliphatic hydroxyl groups excluding tert-OH is 1. The van der Waals surface area contributed by atoms with Crippen LogP contribution in [-0.4, -0.2) is 35.3 Å². The van der Waals surface area contributed by atoms with E-state index in [0.29, 0.717) is 52.7 Å². The summed E-state index contributed by atoms with van der Waals surface area (Å²) in [5, 5.41) is 22.1. The van der Waals surface area contributed by atoms with Gasteiger partial charge < -0.3 is 19.7 Å². The smallest absolute Gasteiger partial charge is 0.307 e. The molecule has 34 heavy (non-hydrogen) atoms. The molecule has 2 N–H and O–H groups in total. The van der Waals surface area contributed by atoms with E-state index in [1.54, 1.807) is 25.1 Å². The number of nitrogens with zero attached hydrogens (tertiary/aromatic N) is 1. The van der Waals surface area contributed by atoms with Crippen LogP contribution < -0.4 is 14.4 Å². The van der Waals surface area contributed by atoms with E-state index in [4.69, 9.17) is 14.6 Å². The number of amides is 1. The molecule has 4 rings (SSSR count). The molecule has 3 aromatic rings. The van der Waals surface area contributed by atoms with E-state index in [-0.39, 0.29) is 12.3 Å². The molecule has 0 aromatic heterocycles. The van der Waals surface area contributed by atoms with Gasteiger partial charge in [0.1, 0.15) is 11.5 Å². The van der Waals surface area contributed by atoms with Gasteiger partial charge in [0.2, 0.25) is 0 Å². The first-order valence-corrected chi connectivity index (χ1v) is 11.6. The summed E-state index contributed by atoms with van der Waals surface area (Å²) >= 11 is 0. The van der Waals surface area contributed by atoms with Crippen molar-refractivity contribution >= 4 is 28.3 Å². The normalized spacial score (nSPS) is 15.0. The Kier molecular flexibility index (Phi) is 6.75. The SMILES string of the molecule is CCCOc1c2c(c(OCCC)c3ccccc13)C(O)N(c1ccc(CC(=O)O)cc1C)C2=O. The Bertz CT molecular complexity index is 1250. The van der Waals surface area contributed by atoms with Crippen molar-refractivity contribution in [3.8, 4) is 11.5 Å². The van der Waals surface area contributed by atoms with Gasteiger partial charge in [-0.3, -0.25) is 14.5 Å². The standard InChI is InChI=1S/C27H29NO6/c1-4-12-33-24-18-8-6-7-9-19(18)25(34-13-5-2)23-22(24)26(31)28(27(23)32)20-11-10-17(14-16(20)3)15-21(29)30/h6-11,14,26,31H,4-5,12-13,15H2,1-3H3,(H,29,30). The molecule has 0 bridgehead atoms. The van der Waals surface area contributed by atoms with Crippen LogP contribution in [0.25, 0.3) is 10.8 Å². The lowest BCUT2D eigenvalue weighted by atomic mass is 9.98. The molecule has 1 unspecified atom stereocenters. The number of hydrogen-bond donors (Lipinski definition) is 2. The van der Waals surface area contributed by atoms with Crippen LogP contribution in [0.3, 0.4) is 0 Å². The third-order valence-electron chi connectivity index (χ3n) is 5.87. The number of carbonyl (C=O) groups is 2. The van der Waals surface area contributed by atoms with Gasteiger partial charge in [0, 0.05) is 16.5 Å². The van der Waals surface area contributed by atoms with Gasteiger partial charge in [0.25, 0.3) is 5.91 Å². The number of aryl methyl sites for hydroxylation is 1. The Labute approximate surface area is 198 Å². The van der Waals surface area contributed by atoms with Crippen LogP contribution in [0.5, 0.6) is 11.5 Å². The molecule has 7 nitrogen and oxygen atoms in total. The lowest BCUT2D eigenvalue weighted by Crippen LogP contribution is -2.28. The minimum atomic E-state index is -1.27. The molecule has 0 fully saturated rings. The zero-order chi connectivity index (χ0) is 24.4. The van der Waals surface area contributed by atoms with E-state index in [1.807, 2.05) is 38.1 Å². The highest BCUT2D eigenvalue weighted by Crippen LogP contribution is 2.50.